The van der Waals surface area contributed by atoms with Crippen LogP contribution in [0.2, 0.25) is 0 Å². The van der Waals surface area contributed by atoms with E-state index in [2.05, 4.69) is 5.10 Å². The van der Waals surface area contributed by atoms with E-state index in [-0.39, 0.29) is 18.4 Å². The lowest BCUT2D eigenvalue weighted by Crippen LogP contribution is -2.30. The molecule has 0 spiro atoms. The Kier molecular flexibility index (Phi) is 5.25. The van der Waals surface area contributed by atoms with Crippen molar-refractivity contribution in [3.05, 3.63) is 47.8 Å². The lowest BCUT2D eigenvalue weighted by molar-refractivity contribution is -0.141. The van der Waals surface area contributed by atoms with Crippen LogP contribution < -0.4 is 4.74 Å². The van der Waals surface area contributed by atoms with Gasteiger partial charge in [-0.15, -0.1) is 0 Å². The standard InChI is InChI=1S/C19H23N3O4/c1-21-10-13(9-20-21)7-8-18(23)22-11-15(16(12-22)19(24)25)14-5-3-4-6-17(14)26-2/h3-6,9-10,15-16H,7-8,11-12H2,1-2H3,(H,24,25)/t15-,16+/m0/s1. The highest BCUT2D eigenvalue weighted by Gasteiger charge is 2.41. The minimum absolute atomic E-state index is 0.0301. The molecule has 7 nitrogen and oxygen atoms in total. The second-order valence-electron chi connectivity index (χ2n) is 6.61. The molecule has 1 aromatic carbocycles. The molecule has 1 aliphatic rings. The Hall–Kier alpha value is -2.83. The average Bonchev–Trinajstić information content (AvgIpc) is 3.26. The highest BCUT2D eigenvalue weighted by atomic mass is 16.5. The number of likely N-dealkylation sites (tertiary alicyclic amines) is 1. The number of carboxylic acids is 1. The van der Waals surface area contributed by atoms with Gasteiger partial charge in [0.2, 0.25) is 5.91 Å². The van der Waals surface area contributed by atoms with Gasteiger partial charge in [0.25, 0.3) is 0 Å². The van der Waals surface area contributed by atoms with Crippen LogP contribution >= 0.6 is 0 Å². The van der Waals surface area contributed by atoms with Crippen LogP contribution in [0.5, 0.6) is 5.75 Å². The van der Waals surface area contributed by atoms with Crippen LogP contribution in [0.1, 0.15) is 23.5 Å². The monoisotopic (exact) mass is 357 g/mol. The fraction of sp³-hybridized carbons (Fsp3) is 0.421. The maximum absolute atomic E-state index is 12.6. The van der Waals surface area contributed by atoms with Crippen molar-refractivity contribution in [3.8, 4) is 5.75 Å². The van der Waals surface area contributed by atoms with E-state index in [4.69, 9.17) is 4.74 Å². The van der Waals surface area contributed by atoms with Gasteiger partial charge in [0.1, 0.15) is 5.75 Å². The van der Waals surface area contributed by atoms with Gasteiger partial charge in [-0.2, -0.15) is 5.10 Å². The summed E-state index contributed by atoms with van der Waals surface area (Å²) in [5.74, 6) is -1.16. The average molecular weight is 357 g/mol. The normalized spacial score (nSPS) is 19.5. The predicted octanol–water partition coefficient (Wildman–Crippen LogP) is 1.69. The number of carboxylic acid groups (broad SMARTS) is 1. The van der Waals surface area contributed by atoms with E-state index in [0.29, 0.717) is 25.1 Å². The van der Waals surface area contributed by atoms with Gasteiger partial charge in [-0.05, 0) is 23.6 Å². The van der Waals surface area contributed by atoms with Crippen molar-refractivity contribution in [2.75, 3.05) is 20.2 Å². The third-order valence-corrected chi connectivity index (χ3v) is 4.91. The number of methoxy groups -OCH3 is 1. The maximum atomic E-state index is 12.6. The zero-order valence-corrected chi connectivity index (χ0v) is 15.0. The van der Waals surface area contributed by atoms with Crippen molar-refractivity contribution in [2.45, 2.75) is 18.8 Å². The molecular weight excluding hydrogens is 334 g/mol. The van der Waals surface area contributed by atoms with Crippen molar-refractivity contribution < 1.29 is 19.4 Å². The van der Waals surface area contributed by atoms with Crippen molar-refractivity contribution in [2.24, 2.45) is 13.0 Å². The Morgan fingerprint density at radius 3 is 2.73 bits per heavy atom. The number of rotatable bonds is 6. The summed E-state index contributed by atoms with van der Waals surface area (Å²) in [5.41, 5.74) is 1.83. The number of para-hydroxylation sites is 1. The summed E-state index contributed by atoms with van der Waals surface area (Å²) in [6.07, 6.45) is 4.57. The number of aromatic nitrogens is 2. The lowest BCUT2D eigenvalue weighted by atomic mass is 9.88. The second kappa shape index (κ2) is 7.59. The molecule has 1 amide bonds. The van der Waals surface area contributed by atoms with E-state index in [1.807, 2.05) is 37.5 Å². The Labute approximate surface area is 152 Å². The van der Waals surface area contributed by atoms with E-state index >= 15 is 0 Å². The number of ether oxygens (including phenoxy) is 1. The van der Waals surface area contributed by atoms with E-state index in [0.717, 1.165) is 11.1 Å². The largest absolute Gasteiger partial charge is 0.496 e. The van der Waals surface area contributed by atoms with E-state index in [9.17, 15) is 14.7 Å². The molecule has 1 saturated heterocycles. The third kappa shape index (κ3) is 3.71. The summed E-state index contributed by atoms with van der Waals surface area (Å²) in [4.78, 5) is 26.0. The third-order valence-electron chi connectivity index (χ3n) is 4.91. The number of nitrogens with zero attached hydrogens (tertiary/aromatic N) is 3. The minimum atomic E-state index is -0.886. The van der Waals surface area contributed by atoms with Crippen LogP contribution in [0.15, 0.2) is 36.7 Å². The molecule has 1 aromatic heterocycles. The van der Waals surface area contributed by atoms with Gasteiger partial charge in [0, 0.05) is 38.7 Å². The molecule has 2 atom stereocenters. The molecule has 0 saturated carbocycles. The predicted molar refractivity (Wildman–Crippen MR) is 95.0 cm³/mol. The summed E-state index contributed by atoms with van der Waals surface area (Å²) in [7, 11) is 3.40. The Morgan fingerprint density at radius 2 is 2.08 bits per heavy atom. The molecular formula is C19H23N3O4. The summed E-state index contributed by atoms with van der Waals surface area (Å²) >= 11 is 0. The fourth-order valence-electron chi connectivity index (χ4n) is 3.56. The highest BCUT2D eigenvalue weighted by Crippen LogP contribution is 2.37. The molecule has 0 unspecified atom stereocenters. The SMILES string of the molecule is COc1ccccc1[C@@H]1CN(C(=O)CCc2cnn(C)c2)C[C@H]1C(=O)O. The molecule has 1 fully saturated rings. The zero-order valence-electron chi connectivity index (χ0n) is 15.0. The van der Waals surface area contributed by atoms with Gasteiger partial charge in [-0.25, -0.2) is 0 Å². The van der Waals surface area contributed by atoms with Gasteiger partial charge >= 0.3 is 5.97 Å². The van der Waals surface area contributed by atoms with E-state index < -0.39 is 11.9 Å². The van der Waals surface area contributed by atoms with Crippen molar-refractivity contribution in [3.63, 3.8) is 0 Å². The maximum Gasteiger partial charge on any atom is 0.308 e. The van der Waals surface area contributed by atoms with Crippen LogP contribution in [0.3, 0.4) is 0 Å². The Bertz CT molecular complexity index is 802. The number of aryl methyl sites for hydroxylation is 2. The first-order valence-electron chi connectivity index (χ1n) is 8.60. The summed E-state index contributed by atoms with van der Waals surface area (Å²) in [5, 5.41) is 13.7. The molecule has 2 aromatic rings. The number of amides is 1. The zero-order chi connectivity index (χ0) is 18.7. The van der Waals surface area contributed by atoms with Gasteiger partial charge < -0.3 is 14.7 Å². The highest BCUT2D eigenvalue weighted by molar-refractivity contribution is 5.80. The molecule has 0 bridgehead atoms. The van der Waals surface area contributed by atoms with Gasteiger partial charge in [0.15, 0.2) is 0 Å². The van der Waals surface area contributed by atoms with Crippen LogP contribution in [0, 0.1) is 5.92 Å². The fourth-order valence-corrected chi connectivity index (χ4v) is 3.56. The molecule has 138 valence electrons. The smallest absolute Gasteiger partial charge is 0.308 e. The number of hydrogen-bond acceptors (Lipinski definition) is 4. The first-order chi connectivity index (χ1) is 12.5. The Morgan fingerprint density at radius 1 is 1.31 bits per heavy atom. The minimum Gasteiger partial charge on any atom is -0.496 e. The molecule has 7 heteroatoms. The molecule has 1 aliphatic heterocycles. The van der Waals surface area contributed by atoms with Crippen LogP contribution in [0.4, 0.5) is 0 Å². The number of carbonyl (C=O) groups excluding carboxylic acids is 1. The molecule has 2 heterocycles. The summed E-state index contributed by atoms with van der Waals surface area (Å²) < 4.78 is 7.09. The first kappa shape index (κ1) is 18.0. The van der Waals surface area contributed by atoms with Crippen LogP contribution in [-0.4, -0.2) is 51.9 Å². The molecule has 0 radical (unpaired) electrons. The quantitative estimate of drug-likeness (QED) is 0.850. The molecule has 3 rings (SSSR count). The molecule has 26 heavy (non-hydrogen) atoms. The Balaban J connectivity index is 1.72. The van der Waals surface area contributed by atoms with Crippen molar-refractivity contribution in [1.29, 1.82) is 0 Å². The van der Waals surface area contributed by atoms with Gasteiger partial charge in [-0.3, -0.25) is 14.3 Å². The van der Waals surface area contributed by atoms with Crippen LogP contribution in [-0.2, 0) is 23.1 Å². The first-order valence-corrected chi connectivity index (χ1v) is 8.60. The summed E-state index contributed by atoms with van der Waals surface area (Å²) in [6, 6.07) is 7.41. The number of carbonyl (C=O) groups is 2. The number of benzene rings is 1. The second-order valence-corrected chi connectivity index (χ2v) is 6.61. The number of hydrogen-bond donors (Lipinski definition) is 1. The molecule has 0 aliphatic carbocycles. The van der Waals surface area contributed by atoms with Crippen LogP contribution in [0.25, 0.3) is 0 Å². The van der Waals surface area contributed by atoms with E-state index in [1.165, 1.54) is 0 Å². The summed E-state index contributed by atoms with van der Waals surface area (Å²) in [6.45, 7) is 0.618. The van der Waals surface area contributed by atoms with Gasteiger partial charge in [-0.1, -0.05) is 18.2 Å². The lowest BCUT2D eigenvalue weighted by Gasteiger charge is -2.18. The molecule has 1 N–H and O–H groups in total. The topological polar surface area (TPSA) is 84.7 Å². The van der Waals surface area contributed by atoms with Crippen molar-refractivity contribution in [1.82, 2.24) is 14.7 Å². The van der Waals surface area contributed by atoms with E-state index in [1.54, 1.807) is 22.9 Å². The number of aliphatic carboxylic acids is 1. The van der Waals surface area contributed by atoms with Crippen molar-refractivity contribution >= 4 is 11.9 Å². The van der Waals surface area contributed by atoms with Gasteiger partial charge in [0.05, 0.1) is 19.2 Å².